The highest BCUT2D eigenvalue weighted by atomic mass is 16.5. The van der Waals surface area contributed by atoms with Crippen molar-refractivity contribution >= 4 is 11.9 Å². The van der Waals surface area contributed by atoms with Gasteiger partial charge in [0.05, 0.1) is 18.2 Å². The fourth-order valence-corrected chi connectivity index (χ4v) is 3.29. The van der Waals surface area contributed by atoms with Gasteiger partial charge in [0, 0.05) is 24.9 Å². The van der Waals surface area contributed by atoms with Gasteiger partial charge in [-0.1, -0.05) is 102 Å². The molecule has 0 saturated heterocycles. The van der Waals surface area contributed by atoms with Crippen molar-refractivity contribution in [2.75, 3.05) is 26.7 Å². The zero-order chi connectivity index (χ0) is 30.0. The molecule has 37 heavy (non-hydrogen) atoms. The number of nitrogens with one attached hydrogen (secondary N) is 2. The minimum atomic E-state index is -0.568. The molecule has 0 aromatic heterocycles. The Hall–Kier alpha value is -1.82. The van der Waals surface area contributed by atoms with E-state index in [2.05, 4.69) is 51.8 Å². The summed E-state index contributed by atoms with van der Waals surface area (Å²) in [6.45, 7) is 32.2. The molecule has 0 saturated carbocycles. The second-order valence-corrected chi connectivity index (χ2v) is 8.74. The molecule has 0 spiro atoms. The molecule has 0 aliphatic rings. The maximum absolute atomic E-state index is 13.3. The first-order valence-electron chi connectivity index (χ1n) is 14.8. The normalized spacial score (nSPS) is 12.2. The lowest BCUT2D eigenvalue weighted by molar-refractivity contribution is -0.138. The first kappa shape index (κ1) is 42.3. The van der Waals surface area contributed by atoms with Crippen LogP contribution in [0.5, 0.6) is 0 Å². The van der Waals surface area contributed by atoms with E-state index in [1.54, 1.807) is 13.8 Å². The zero-order valence-corrected chi connectivity index (χ0v) is 27.3. The Morgan fingerprint density at radius 2 is 1.49 bits per heavy atom. The second-order valence-electron chi connectivity index (χ2n) is 8.74. The summed E-state index contributed by atoms with van der Waals surface area (Å²) in [5.41, 5.74) is 0.837. The van der Waals surface area contributed by atoms with Crippen LogP contribution in [-0.2, 0) is 14.3 Å². The van der Waals surface area contributed by atoms with Crippen LogP contribution in [0.25, 0.3) is 0 Å². The summed E-state index contributed by atoms with van der Waals surface area (Å²) in [6.07, 6.45) is 6.44. The van der Waals surface area contributed by atoms with E-state index in [-0.39, 0.29) is 23.8 Å². The predicted molar refractivity (Wildman–Crippen MR) is 164 cm³/mol. The second kappa shape index (κ2) is 27.2. The average Bonchev–Trinajstić information content (AvgIpc) is 2.92. The van der Waals surface area contributed by atoms with Crippen molar-refractivity contribution in [3.05, 3.63) is 23.9 Å². The maximum atomic E-state index is 13.3. The van der Waals surface area contributed by atoms with Crippen LogP contribution in [0.2, 0.25) is 0 Å². The molecule has 2 atom stereocenters. The summed E-state index contributed by atoms with van der Waals surface area (Å²) in [5, 5.41) is 6.74. The number of amides is 1. The molecular formula is C31H65N3O3. The number of hydrogen-bond donors (Lipinski definition) is 2. The van der Waals surface area contributed by atoms with Crippen molar-refractivity contribution in [1.29, 1.82) is 0 Å². The fourth-order valence-electron chi connectivity index (χ4n) is 3.29. The van der Waals surface area contributed by atoms with Crippen LogP contribution in [0.15, 0.2) is 23.9 Å². The van der Waals surface area contributed by atoms with Gasteiger partial charge < -0.3 is 20.3 Å². The van der Waals surface area contributed by atoms with Crippen LogP contribution >= 0.6 is 0 Å². The third kappa shape index (κ3) is 17.3. The Morgan fingerprint density at radius 1 is 1.00 bits per heavy atom. The number of esters is 1. The van der Waals surface area contributed by atoms with Gasteiger partial charge in [-0.25, -0.2) is 4.79 Å². The lowest BCUT2D eigenvalue weighted by Gasteiger charge is -2.37. The minimum absolute atomic E-state index is 0.0269. The summed E-state index contributed by atoms with van der Waals surface area (Å²) in [4.78, 5) is 27.1. The van der Waals surface area contributed by atoms with Gasteiger partial charge in [0.2, 0.25) is 5.91 Å². The third-order valence-corrected chi connectivity index (χ3v) is 5.97. The van der Waals surface area contributed by atoms with Crippen LogP contribution < -0.4 is 10.6 Å². The number of hydrogen-bond acceptors (Lipinski definition) is 5. The van der Waals surface area contributed by atoms with Crippen LogP contribution in [0.3, 0.4) is 0 Å². The zero-order valence-electron chi connectivity index (χ0n) is 27.3. The molecule has 0 aliphatic heterocycles. The summed E-state index contributed by atoms with van der Waals surface area (Å²) in [7, 11) is 1.93. The lowest BCUT2D eigenvalue weighted by atomic mass is 9.89. The van der Waals surface area contributed by atoms with Crippen molar-refractivity contribution in [2.24, 2.45) is 5.92 Å². The summed E-state index contributed by atoms with van der Waals surface area (Å²) in [6, 6.07) is -0.176. The van der Waals surface area contributed by atoms with E-state index in [0.717, 1.165) is 37.9 Å². The smallest absolute Gasteiger partial charge is 0.333 e. The van der Waals surface area contributed by atoms with E-state index in [0.29, 0.717) is 18.7 Å². The van der Waals surface area contributed by atoms with Gasteiger partial charge in [-0.3, -0.25) is 4.79 Å². The molecular weight excluding hydrogens is 462 g/mol. The molecule has 6 nitrogen and oxygen atoms in total. The Morgan fingerprint density at radius 3 is 1.86 bits per heavy atom. The monoisotopic (exact) mass is 528 g/mol. The highest BCUT2D eigenvalue weighted by Crippen LogP contribution is 2.21. The quantitative estimate of drug-likeness (QED) is 0.170. The number of ether oxygens (including phenoxy) is 1. The summed E-state index contributed by atoms with van der Waals surface area (Å²) >= 11 is 0. The Bertz CT molecular complexity index is 599. The highest BCUT2D eigenvalue weighted by Gasteiger charge is 2.36. The number of likely N-dealkylation sites (N-methyl/N-ethyl adjacent to an activating group) is 1. The molecule has 0 radical (unpaired) electrons. The van der Waals surface area contributed by atoms with Crippen LogP contribution in [0.1, 0.15) is 122 Å². The van der Waals surface area contributed by atoms with E-state index in [9.17, 15) is 9.59 Å². The largest absolute Gasteiger partial charge is 0.463 e. The highest BCUT2D eigenvalue weighted by molar-refractivity contribution is 5.88. The van der Waals surface area contributed by atoms with Crippen molar-refractivity contribution in [2.45, 2.75) is 134 Å². The molecule has 0 heterocycles. The van der Waals surface area contributed by atoms with E-state index in [1.165, 1.54) is 6.42 Å². The van der Waals surface area contributed by atoms with Crippen LogP contribution in [-0.4, -0.2) is 55.1 Å². The molecule has 0 bridgehead atoms. The lowest BCUT2D eigenvalue weighted by Crippen LogP contribution is -2.59. The predicted octanol–water partition coefficient (Wildman–Crippen LogP) is 7.50. The first-order chi connectivity index (χ1) is 17.5. The van der Waals surface area contributed by atoms with Crippen molar-refractivity contribution in [1.82, 2.24) is 15.5 Å². The number of rotatable bonds is 15. The minimum Gasteiger partial charge on any atom is -0.463 e. The third-order valence-electron chi connectivity index (χ3n) is 5.97. The molecule has 6 heteroatoms. The van der Waals surface area contributed by atoms with Crippen LogP contribution in [0, 0.1) is 5.92 Å². The van der Waals surface area contributed by atoms with E-state index >= 15 is 0 Å². The number of carbonyl (C=O) groups excluding carboxylic acids is 2. The average molecular weight is 528 g/mol. The first-order valence-corrected chi connectivity index (χ1v) is 14.8. The molecule has 1 amide bonds. The van der Waals surface area contributed by atoms with E-state index < -0.39 is 5.54 Å². The molecule has 0 aromatic carbocycles. The van der Waals surface area contributed by atoms with Gasteiger partial charge in [0.25, 0.3) is 0 Å². The molecule has 0 rings (SSSR count). The summed E-state index contributed by atoms with van der Waals surface area (Å²) < 4.78 is 5.03. The van der Waals surface area contributed by atoms with E-state index in [1.807, 2.05) is 59.6 Å². The standard InChI is InChI=1S/C24H45N3O3.C3H8.2C2H6/c1-10-16-25-24(12-3,13-4)23(29)26-21(18(6)11-2)20(8)27(9)17-15-19(7)22(28)30-14-5;1-3-2;2*1-2/h15,18,21,25H,8,10-14,16-17H2,1-7,9H3,(H,26,29);3H2,1-2H3;2*1-2H3/b19-15+;;;. The van der Waals surface area contributed by atoms with Crippen molar-refractivity contribution in [3.63, 3.8) is 0 Å². The molecule has 0 aromatic rings. The topological polar surface area (TPSA) is 70.7 Å². The van der Waals surface area contributed by atoms with Gasteiger partial charge in [0.1, 0.15) is 0 Å². The van der Waals surface area contributed by atoms with E-state index in [4.69, 9.17) is 4.74 Å². The van der Waals surface area contributed by atoms with Gasteiger partial charge >= 0.3 is 5.97 Å². The molecule has 2 N–H and O–H groups in total. The fraction of sp³-hybridized carbons (Fsp3) is 0.806. The Labute approximate surface area is 232 Å². The van der Waals surface area contributed by atoms with Crippen molar-refractivity contribution < 1.29 is 14.3 Å². The maximum Gasteiger partial charge on any atom is 0.333 e. The van der Waals surface area contributed by atoms with Crippen molar-refractivity contribution in [3.8, 4) is 0 Å². The summed E-state index contributed by atoms with van der Waals surface area (Å²) in [5.74, 6) is -0.0448. The number of nitrogens with zero attached hydrogens (tertiary/aromatic N) is 1. The van der Waals surface area contributed by atoms with Gasteiger partial charge in [-0.15, -0.1) is 0 Å². The number of carbonyl (C=O) groups is 2. The molecule has 2 unspecified atom stereocenters. The molecule has 222 valence electrons. The Kier molecular flexibility index (Phi) is 31.1. The Balaban J connectivity index is -0.000000703. The van der Waals surface area contributed by atoms with Crippen LogP contribution in [0.4, 0.5) is 0 Å². The SMILES string of the molecule is C=C(C(NC(=O)C(CC)(CC)NCCC)C(C)CC)N(C)C/C=C(\C)C(=O)OCC.CC.CC.CCC. The molecule has 0 fully saturated rings. The van der Waals surface area contributed by atoms with Gasteiger partial charge in [-0.2, -0.15) is 0 Å². The molecule has 0 aliphatic carbocycles. The van der Waals surface area contributed by atoms with Gasteiger partial charge in [0.15, 0.2) is 0 Å². The van der Waals surface area contributed by atoms with Gasteiger partial charge in [-0.05, 0) is 45.6 Å².